The largest absolute Gasteiger partial charge is 0.506 e. The molecule has 5 N–H and O–H groups in total. The van der Waals surface area contributed by atoms with E-state index in [-0.39, 0.29) is 11.3 Å². The summed E-state index contributed by atoms with van der Waals surface area (Å²) in [6.07, 6.45) is 11.8. The lowest BCUT2D eigenvalue weighted by molar-refractivity contribution is 0.114. The maximum absolute atomic E-state index is 12.0. The van der Waals surface area contributed by atoms with Crippen LogP contribution in [0.1, 0.15) is 86.4 Å². The summed E-state index contributed by atoms with van der Waals surface area (Å²) in [5.74, 6) is 0.960. The number of aliphatic hydroxyl groups is 2. The SMILES string of the molecule is O=c1ccc2c([C@@H](O)CNCCCCCCCCCN3CCC(Cn4cnc(C(O)(c5ccccc5)c5ccccc5)n4)CC3)ccc(O)c2[nH]1. The van der Waals surface area contributed by atoms with Crippen LogP contribution in [-0.4, -0.2) is 72.7 Å². The molecular weight excluding hydrogens is 640 g/mol. The number of aliphatic hydroxyl groups excluding tert-OH is 1. The molecule has 1 aliphatic rings. The number of unbranched alkanes of at least 4 members (excludes halogenated alkanes) is 6. The summed E-state index contributed by atoms with van der Waals surface area (Å²) >= 11 is 0. The molecule has 10 heteroatoms. The Morgan fingerprint density at radius 1 is 0.843 bits per heavy atom. The number of phenolic OH excluding ortho intramolecular Hbond substituents is 1. The average molecular weight is 693 g/mol. The molecule has 0 amide bonds. The third-order valence-electron chi connectivity index (χ3n) is 10.3. The minimum atomic E-state index is -1.41. The topological polar surface area (TPSA) is 140 Å². The average Bonchev–Trinajstić information content (AvgIpc) is 3.64. The Kier molecular flexibility index (Phi) is 12.7. The van der Waals surface area contributed by atoms with Gasteiger partial charge in [0.15, 0.2) is 11.4 Å². The molecule has 1 saturated heterocycles. The normalized spacial score (nSPS) is 15.0. The van der Waals surface area contributed by atoms with Gasteiger partial charge in [0, 0.05) is 24.5 Å². The molecule has 6 rings (SSSR count). The summed E-state index contributed by atoms with van der Waals surface area (Å²) in [7, 11) is 0. The lowest BCUT2D eigenvalue weighted by Gasteiger charge is -2.31. The highest BCUT2D eigenvalue weighted by Crippen LogP contribution is 2.34. The fraction of sp³-hybridized carbons (Fsp3) is 0.439. The fourth-order valence-corrected chi connectivity index (χ4v) is 7.36. The molecule has 0 saturated carbocycles. The second-order valence-corrected chi connectivity index (χ2v) is 14.0. The van der Waals surface area contributed by atoms with Gasteiger partial charge in [-0.25, -0.2) is 4.98 Å². The van der Waals surface area contributed by atoms with Crippen molar-refractivity contribution >= 4 is 10.9 Å². The van der Waals surface area contributed by atoms with Crippen molar-refractivity contribution in [1.82, 2.24) is 30.0 Å². The summed E-state index contributed by atoms with van der Waals surface area (Å²) in [5.41, 5.74) is 0.871. The van der Waals surface area contributed by atoms with Gasteiger partial charge in [0.1, 0.15) is 12.1 Å². The van der Waals surface area contributed by atoms with Gasteiger partial charge >= 0.3 is 0 Å². The number of nitrogens with one attached hydrogen (secondary N) is 2. The molecule has 3 heterocycles. The number of phenols is 1. The smallest absolute Gasteiger partial charge is 0.248 e. The van der Waals surface area contributed by atoms with E-state index in [4.69, 9.17) is 5.10 Å². The number of aromatic hydroxyl groups is 1. The first-order chi connectivity index (χ1) is 24.9. The summed E-state index contributed by atoms with van der Waals surface area (Å²) < 4.78 is 1.91. The summed E-state index contributed by atoms with van der Waals surface area (Å²) in [5, 5.41) is 41.6. The highest BCUT2D eigenvalue weighted by atomic mass is 16.3. The molecule has 270 valence electrons. The van der Waals surface area contributed by atoms with Gasteiger partial charge in [-0.2, -0.15) is 5.10 Å². The monoisotopic (exact) mass is 692 g/mol. The predicted octanol–water partition coefficient (Wildman–Crippen LogP) is 5.88. The number of rotatable bonds is 18. The second-order valence-electron chi connectivity index (χ2n) is 14.0. The van der Waals surface area contributed by atoms with Crippen molar-refractivity contribution in [2.75, 3.05) is 32.7 Å². The first-order valence-electron chi connectivity index (χ1n) is 18.6. The summed E-state index contributed by atoms with van der Waals surface area (Å²) in [6.45, 7) is 5.49. The highest BCUT2D eigenvalue weighted by molar-refractivity contribution is 5.87. The van der Waals surface area contributed by atoms with E-state index in [1.165, 1.54) is 57.2 Å². The van der Waals surface area contributed by atoms with Crippen molar-refractivity contribution < 1.29 is 15.3 Å². The van der Waals surface area contributed by atoms with Crippen molar-refractivity contribution in [2.24, 2.45) is 5.92 Å². The van der Waals surface area contributed by atoms with Gasteiger partial charge in [-0.15, -0.1) is 0 Å². The zero-order valence-corrected chi connectivity index (χ0v) is 29.5. The number of aromatic nitrogens is 4. The second kappa shape index (κ2) is 17.7. The number of pyridine rings is 1. The lowest BCUT2D eigenvalue weighted by Crippen LogP contribution is -2.35. The van der Waals surface area contributed by atoms with Crippen LogP contribution in [0.2, 0.25) is 0 Å². The van der Waals surface area contributed by atoms with E-state index in [1.54, 1.807) is 18.5 Å². The molecule has 1 aliphatic heterocycles. The van der Waals surface area contributed by atoms with Gasteiger partial charge in [-0.1, -0.05) is 98.8 Å². The number of aromatic amines is 1. The maximum Gasteiger partial charge on any atom is 0.248 e. The molecule has 0 aliphatic carbocycles. The van der Waals surface area contributed by atoms with Crippen LogP contribution >= 0.6 is 0 Å². The van der Waals surface area contributed by atoms with Gasteiger partial charge in [0.25, 0.3) is 0 Å². The van der Waals surface area contributed by atoms with Gasteiger partial charge in [0.05, 0.1) is 11.6 Å². The van der Waals surface area contributed by atoms with E-state index >= 15 is 0 Å². The lowest BCUT2D eigenvalue weighted by atomic mass is 9.86. The van der Waals surface area contributed by atoms with Gasteiger partial charge in [-0.3, -0.25) is 9.48 Å². The number of likely N-dealkylation sites (tertiary alicyclic amines) is 1. The number of benzene rings is 3. The van der Waals surface area contributed by atoms with Crippen LogP contribution in [0.4, 0.5) is 0 Å². The predicted molar refractivity (Wildman–Crippen MR) is 201 cm³/mol. The maximum atomic E-state index is 12.0. The molecule has 0 spiro atoms. The Hall–Kier alpha value is -4.35. The molecule has 1 atom stereocenters. The minimum absolute atomic E-state index is 0.00134. The summed E-state index contributed by atoms with van der Waals surface area (Å²) in [6, 6.07) is 25.6. The van der Waals surface area contributed by atoms with E-state index in [9.17, 15) is 20.1 Å². The Morgan fingerprint density at radius 2 is 1.49 bits per heavy atom. The quantitative estimate of drug-likeness (QED) is 0.0719. The van der Waals surface area contributed by atoms with Crippen molar-refractivity contribution in [1.29, 1.82) is 0 Å². The van der Waals surface area contributed by atoms with E-state index in [2.05, 4.69) is 20.2 Å². The first-order valence-corrected chi connectivity index (χ1v) is 18.6. The molecule has 0 bridgehead atoms. The highest BCUT2D eigenvalue weighted by Gasteiger charge is 2.38. The number of fused-ring (bicyclic) bond motifs is 1. The Morgan fingerprint density at radius 3 is 2.18 bits per heavy atom. The third kappa shape index (κ3) is 9.31. The van der Waals surface area contributed by atoms with Crippen LogP contribution < -0.4 is 10.9 Å². The minimum Gasteiger partial charge on any atom is -0.506 e. The molecule has 3 aromatic carbocycles. The zero-order chi connectivity index (χ0) is 35.5. The summed E-state index contributed by atoms with van der Waals surface area (Å²) in [4.78, 5) is 21.5. The van der Waals surface area contributed by atoms with E-state index in [1.807, 2.05) is 65.3 Å². The molecule has 5 aromatic rings. The standard InChI is InChI=1S/C41H52N6O4/c48-36-20-18-34(35-19-21-38(50)44-39(35)36)37(49)28-42-24-12-4-2-1-3-5-13-25-46-26-22-31(23-27-46)29-47-30-43-40(45-47)41(51,32-14-8-6-9-15-32)33-16-10-7-11-17-33/h6-11,14-21,30-31,37,42,48-49,51H,1-5,12-13,22-29H2,(H,44,50)/t37-/m0/s1. The molecule has 10 nitrogen and oxygen atoms in total. The van der Waals surface area contributed by atoms with Crippen molar-refractivity contribution in [3.05, 3.63) is 124 Å². The number of hydrogen-bond donors (Lipinski definition) is 5. The van der Waals surface area contributed by atoms with Crippen LogP contribution in [0.25, 0.3) is 10.9 Å². The van der Waals surface area contributed by atoms with Crippen LogP contribution in [0.3, 0.4) is 0 Å². The van der Waals surface area contributed by atoms with E-state index in [0.29, 0.717) is 34.8 Å². The van der Waals surface area contributed by atoms with Crippen molar-refractivity contribution in [3.63, 3.8) is 0 Å². The fourth-order valence-electron chi connectivity index (χ4n) is 7.36. The van der Waals surface area contributed by atoms with Crippen LogP contribution in [-0.2, 0) is 12.1 Å². The number of H-pyrrole nitrogens is 1. The zero-order valence-electron chi connectivity index (χ0n) is 29.5. The molecular formula is C41H52N6O4. The third-order valence-corrected chi connectivity index (χ3v) is 10.3. The number of nitrogens with zero attached hydrogens (tertiary/aromatic N) is 4. The number of piperidine rings is 1. The Labute approximate surface area is 300 Å². The van der Waals surface area contributed by atoms with E-state index < -0.39 is 11.7 Å². The van der Waals surface area contributed by atoms with Crippen molar-refractivity contribution in [2.45, 2.75) is 76.0 Å². The van der Waals surface area contributed by atoms with Gasteiger partial charge in [0.2, 0.25) is 5.56 Å². The van der Waals surface area contributed by atoms with Gasteiger partial charge in [-0.05, 0) is 86.6 Å². The van der Waals surface area contributed by atoms with Crippen LogP contribution in [0, 0.1) is 5.92 Å². The molecule has 1 fully saturated rings. The van der Waals surface area contributed by atoms with Crippen molar-refractivity contribution in [3.8, 4) is 5.75 Å². The van der Waals surface area contributed by atoms with Gasteiger partial charge < -0.3 is 30.5 Å². The van der Waals surface area contributed by atoms with Crippen LogP contribution in [0.5, 0.6) is 5.75 Å². The first kappa shape index (κ1) is 36.4. The molecule has 2 aromatic heterocycles. The molecule has 51 heavy (non-hydrogen) atoms. The Bertz CT molecular complexity index is 1810. The van der Waals surface area contributed by atoms with Crippen LogP contribution in [0.15, 0.2) is 96.1 Å². The Balaban J connectivity index is 0.824. The molecule has 0 unspecified atom stereocenters. The number of hydrogen-bond acceptors (Lipinski definition) is 8. The molecule has 0 radical (unpaired) electrons. The van der Waals surface area contributed by atoms with E-state index in [0.717, 1.165) is 56.6 Å².